The number of hydrogen-bond acceptors (Lipinski definition) is 3. The Morgan fingerprint density at radius 3 is 2.30 bits per heavy atom. The van der Waals surface area contributed by atoms with Crippen molar-refractivity contribution in [2.24, 2.45) is 5.92 Å². The van der Waals surface area contributed by atoms with Gasteiger partial charge in [-0.3, -0.25) is 9.59 Å². The van der Waals surface area contributed by atoms with Crippen molar-refractivity contribution in [3.8, 4) is 11.1 Å². The molecule has 1 amide bonds. The summed E-state index contributed by atoms with van der Waals surface area (Å²) in [6, 6.07) is 17.4. The smallest absolute Gasteiger partial charge is 0.225 e. The van der Waals surface area contributed by atoms with Gasteiger partial charge in [-0.05, 0) is 29.5 Å². The third-order valence-corrected chi connectivity index (χ3v) is 4.02. The maximum absolute atomic E-state index is 12.2. The van der Waals surface area contributed by atoms with E-state index in [-0.39, 0.29) is 30.8 Å². The van der Waals surface area contributed by atoms with Gasteiger partial charge in [-0.1, -0.05) is 75.4 Å². The molecule has 0 saturated carbocycles. The molecule has 1 fully saturated rings. The topological polar surface area (TPSA) is 55.4 Å². The Labute approximate surface area is 161 Å². The van der Waals surface area contributed by atoms with Gasteiger partial charge in [-0.25, -0.2) is 0 Å². The molecule has 4 heteroatoms. The predicted molar refractivity (Wildman–Crippen MR) is 108 cm³/mol. The summed E-state index contributed by atoms with van der Waals surface area (Å²) < 4.78 is 5.24. The van der Waals surface area contributed by atoms with Crippen molar-refractivity contribution in [2.75, 3.05) is 6.61 Å². The quantitative estimate of drug-likeness (QED) is 0.888. The zero-order chi connectivity index (χ0) is 19.8. The van der Waals surface area contributed by atoms with Gasteiger partial charge in [0.05, 0.1) is 12.5 Å². The van der Waals surface area contributed by atoms with Crippen LogP contribution in [0.1, 0.15) is 33.3 Å². The first-order chi connectivity index (χ1) is 12.9. The van der Waals surface area contributed by atoms with E-state index < -0.39 is 6.04 Å². The van der Waals surface area contributed by atoms with Crippen LogP contribution in [0.15, 0.2) is 54.6 Å². The first kappa shape index (κ1) is 20.8. The molecule has 0 spiro atoms. The monoisotopic (exact) mass is 367 g/mol. The molecule has 2 aromatic carbocycles. The normalized spacial score (nSPS) is 18.8. The molecule has 1 aliphatic rings. The second kappa shape index (κ2) is 10.0. The molecule has 1 unspecified atom stereocenters. The van der Waals surface area contributed by atoms with Crippen molar-refractivity contribution in [2.45, 2.75) is 46.3 Å². The summed E-state index contributed by atoms with van der Waals surface area (Å²) in [5, 5.41) is 2.77. The van der Waals surface area contributed by atoms with Crippen molar-refractivity contribution in [1.29, 1.82) is 0 Å². The first-order valence-corrected chi connectivity index (χ1v) is 9.45. The average molecular weight is 367 g/mol. The summed E-state index contributed by atoms with van der Waals surface area (Å²) in [6.07, 6.45) is -0.0147. The summed E-state index contributed by atoms with van der Waals surface area (Å²) in [6.45, 7) is 8.38. The van der Waals surface area contributed by atoms with Gasteiger partial charge in [0.15, 0.2) is 5.78 Å². The lowest BCUT2D eigenvalue weighted by molar-refractivity contribution is -0.125. The molecule has 0 aliphatic carbocycles. The van der Waals surface area contributed by atoms with Crippen molar-refractivity contribution in [1.82, 2.24) is 5.32 Å². The third-order valence-electron chi connectivity index (χ3n) is 4.02. The zero-order valence-electron chi connectivity index (χ0n) is 16.6. The van der Waals surface area contributed by atoms with E-state index in [1.807, 2.05) is 54.6 Å². The molecule has 0 aromatic heterocycles. The summed E-state index contributed by atoms with van der Waals surface area (Å²) in [5.74, 6) is 0.606. The van der Waals surface area contributed by atoms with Crippen LogP contribution >= 0.6 is 0 Å². The number of carbonyl (C=O) groups excluding carboxylic acids is 2. The highest BCUT2D eigenvalue weighted by atomic mass is 16.5. The molecule has 27 heavy (non-hydrogen) atoms. The maximum atomic E-state index is 12.2. The molecule has 1 heterocycles. The molecule has 1 aliphatic heterocycles. The lowest BCUT2D eigenvalue weighted by Crippen LogP contribution is -2.44. The highest BCUT2D eigenvalue weighted by Gasteiger charge is 2.33. The number of Topliss-reactive ketones (excluding diaryl/α,β-unsaturated/α-hetero) is 1. The molecule has 1 saturated heterocycles. The van der Waals surface area contributed by atoms with E-state index in [2.05, 4.69) is 26.1 Å². The van der Waals surface area contributed by atoms with E-state index >= 15 is 0 Å². The Bertz CT molecular complexity index is 752. The Hall–Kier alpha value is -2.46. The standard InChI is InChI=1S/C19H19NO3.C4H10/c1-13-19(17(21)12-23-13)20-18(22)11-14-6-5-9-16(10-14)15-7-3-2-4-8-15;1-4(2)3/h2-10,13,19H,11-12H2,1H3,(H,20,22);4H,1-3H3/t13-,19?;/m0./s1. The Morgan fingerprint density at radius 1 is 1.07 bits per heavy atom. The van der Waals surface area contributed by atoms with Gasteiger partial charge in [0.25, 0.3) is 0 Å². The number of carbonyl (C=O) groups is 2. The Kier molecular flexibility index (Phi) is 7.74. The Morgan fingerprint density at radius 2 is 1.70 bits per heavy atom. The van der Waals surface area contributed by atoms with E-state index in [0.29, 0.717) is 0 Å². The second-order valence-electron chi connectivity index (χ2n) is 7.50. The van der Waals surface area contributed by atoms with Gasteiger partial charge in [0.2, 0.25) is 5.91 Å². The van der Waals surface area contributed by atoms with Crippen LogP contribution in [0.2, 0.25) is 0 Å². The molecular formula is C23H29NO3. The van der Waals surface area contributed by atoms with Crippen molar-refractivity contribution < 1.29 is 14.3 Å². The number of nitrogens with one attached hydrogen (secondary N) is 1. The summed E-state index contributed by atoms with van der Waals surface area (Å²) in [5.41, 5.74) is 3.11. The molecule has 0 bridgehead atoms. The van der Waals surface area contributed by atoms with Crippen molar-refractivity contribution in [3.63, 3.8) is 0 Å². The minimum absolute atomic E-state index is 0.0658. The maximum Gasteiger partial charge on any atom is 0.225 e. The minimum atomic E-state index is -0.528. The molecule has 1 N–H and O–H groups in total. The Balaban J connectivity index is 0.000000596. The second-order valence-corrected chi connectivity index (χ2v) is 7.50. The van der Waals surface area contributed by atoms with Gasteiger partial charge in [0.1, 0.15) is 12.6 Å². The summed E-state index contributed by atoms with van der Waals surface area (Å²) in [4.78, 5) is 23.9. The molecule has 144 valence electrons. The fraction of sp³-hybridized carbons (Fsp3) is 0.391. The first-order valence-electron chi connectivity index (χ1n) is 9.45. The summed E-state index contributed by atoms with van der Waals surface area (Å²) in [7, 11) is 0. The fourth-order valence-corrected chi connectivity index (χ4v) is 2.76. The van der Waals surface area contributed by atoms with Crippen LogP contribution < -0.4 is 5.32 Å². The number of benzene rings is 2. The van der Waals surface area contributed by atoms with E-state index in [9.17, 15) is 9.59 Å². The summed E-state index contributed by atoms with van der Waals surface area (Å²) >= 11 is 0. The largest absolute Gasteiger partial charge is 0.368 e. The molecule has 2 aromatic rings. The van der Waals surface area contributed by atoms with Crippen LogP contribution in [0, 0.1) is 5.92 Å². The average Bonchev–Trinajstić information content (AvgIpc) is 2.94. The van der Waals surface area contributed by atoms with Crippen LogP contribution in [0.4, 0.5) is 0 Å². The number of ether oxygens (including phenoxy) is 1. The van der Waals surface area contributed by atoms with E-state index in [1.165, 1.54) is 0 Å². The molecule has 3 rings (SSSR count). The van der Waals surface area contributed by atoms with Crippen molar-refractivity contribution in [3.05, 3.63) is 60.2 Å². The van der Waals surface area contributed by atoms with Crippen LogP contribution in [-0.4, -0.2) is 30.4 Å². The van der Waals surface area contributed by atoms with E-state index in [1.54, 1.807) is 6.92 Å². The highest BCUT2D eigenvalue weighted by Crippen LogP contribution is 2.20. The van der Waals surface area contributed by atoms with Gasteiger partial charge in [0, 0.05) is 0 Å². The van der Waals surface area contributed by atoms with Gasteiger partial charge >= 0.3 is 0 Å². The van der Waals surface area contributed by atoms with Crippen LogP contribution in [-0.2, 0) is 20.7 Å². The number of rotatable bonds is 4. The third kappa shape index (κ3) is 6.65. The molecule has 0 radical (unpaired) electrons. The van der Waals surface area contributed by atoms with E-state index in [0.717, 1.165) is 22.6 Å². The van der Waals surface area contributed by atoms with E-state index in [4.69, 9.17) is 4.74 Å². The van der Waals surface area contributed by atoms with Gasteiger partial charge < -0.3 is 10.1 Å². The number of amides is 1. The SMILES string of the molecule is CC(C)C.C[C@@H]1OCC(=O)C1NC(=O)Cc1cccc(-c2ccccc2)c1. The highest BCUT2D eigenvalue weighted by molar-refractivity contribution is 5.92. The molecule has 4 nitrogen and oxygen atoms in total. The fourth-order valence-electron chi connectivity index (χ4n) is 2.76. The number of ketones is 1. The molecule has 2 atom stereocenters. The van der Waals surface area contributed by atoms with Crippen LogP contribution in [0.3, 0.4) is 0 Å². The zero-order valence-corrected chi connectivity index (χ0v) is 16.6. The van der Waals surface area contributed by atoms with Gasteiger partial charge in [-0.15, -0.1) is 0 Å². The number of hydrogen-bond donors (Lipinski definition) is 1. The van der Waals surface area contributed by atoms with Crippen LogP contribution in [0.25, 0.3) is 11.1 Å². The van der Waals surface area contributed by atoms with Crippen molar-refractivity contribution >= 4 is 11.7 Å². The lowest BCUT2D eigenvalue weighted by atomic mass is 10.0. The minimum Gasteiger partial charge on any atom is -0.368 e. The molecular weight excluding hydrogens is 338 g/mol. The lowest BCUT2D eigenvalue weighted by Gasteiger charge is -2.14. The van der Waals surface area contributed by atoms with Crippen LogP contribution in [0.5, 0.6) is 0 Å². The van der Waals surface area contributed by atoms with Gasteiger partial charge in [-0.2, -0.15) is 0 Å². The predicted octanol–water partition coefficient (Wildman–Crippen LogP) is 4.03.